The Morgan fingerprint density at radius 3 is 2.69 bits per heavy atom. The lowest BCUT2D eigenvalue weighted by molar-refractivity contribution is 0.908. The summed E-state index contributed by atoms with van der Waals surface area (Å²) in [4.78, 5) is 16.8. The fraction of sp³-hybridized carbons (Fsp3) is 0.333. The highest BCUT2D eigenvalue weighted by molar-refractivity contribution is 9.09. The molecule has 0 N–H and O–H groups in total. The summed E-state index contributed by atoms with van der Waals surface area (Å²) >= 11 is 3.46. The van der Waals surface area contributed by atoms with Gasteiger partial charge in [-0.3, -0.25) is 9.20 Å². The number of aromatic nitrogens is 2. The fourth-order valence-corrected chi connectivity index (χ4v) is 2.27. The Kier molecular flexibility index (Phi) is 2.84. The van der Waals surface area contributed by atoms with Crippen molar-refractivity contribution < 1.29 is 0 Å². The van der Waals surface area contributed by atoms with E-state index < -0.39 is 0 Å². The first-order chi connectivity index (χ1) is 7.52. The minimum absolute atomic E-state index is 0.0180. The Labute approximate surface area is 102 Å². The highest BCUT2D eigenvalue weighted by Gasteiger charge is 2.13. The van der Waals surface area contributed by atoms with Crippen molar-refractivity contribution in [1.29, 1.82) is 0 Å². The molecule has 4 heteroatoms. The summed E-state index contributed by atoms with van der Waals surface area (Å²) in [6, 6.07) is 5.68. The predicted molar refractivity (Wildman–Crippen MR) is 68.3 cm³/mol. The summed E-state index contributed by atoms with van der Waals surface area (Å²) in [5.74, 6) is 0. The van der Waals surface area contributed by atoms with Gasteiger partial charge in [-0.2, -0.15) is 0 Å². The third kappa shape index (κ3) is 1.67. The van der Waals surface area contributed by atoms with Crippen LogP contribution in [0, 0.1) is 13.8 Å². The van der Waals surface area contributed by atoms with E-state index in [0.717, 1.165) is 11.4 Å². The van der Waals surface area contributed by atoms with Crippen molar-refractivity contribution in [1.82, 2.24) is 9.38 Å². The van der Waals surface area contributed by atoms with E-state index in [4.69, 9.17) is 0 Å². The lowest BCUT2D eigenvalue weighted by atomic mass is 10.2. The molecule has 0 aliphatic rings. The van der Waals surface area contributed by atoms with Gasteiger partial charge in [0.15, 0.2) is 0 Å². The number of fused-ring (bicyclic) bond motifs is 1. The van der Waals surface area contributed by atoms with Gasteiger partial charge in [0.2, 0.25) is 0 Å². The third-order valence-electron chi connectivity index (χ3n) is 2.68. The molecule has 0 saturated heterocycles. The lowest BCUT2D eigenvalue weighted by Crippen LogP contribution is -2.22. The van der Waals surface area contributed by atoms with Crippen LogP contribution in [0.1, 0.15) is 28.7 Å². The molecule has 0 fully saturated rings. The van der Waals surface area contributed by atoms with Crippen molar-refractivity contribution in [3.63, 3.8) is 0 Å². The maximum absolute atomic E-state index is 12.2. The highest BCUT2D eigenvalue weighted by atomic mass is 79.9. The molecule has 0 amide bonds. The SMILES string of the molecule is Cc1c(C(C)Br)nc2cccc(C)n2c1=O. The molecular formula is C12H13BrN2O. The van der Waals surface area contributed by atoms with Gasteiger partial charge in [0.05, 0.1) is 10.5 Å². The van der Waals surface area contributed by atoms with Crippen LogP contribution in [0.25, 0.3) is 5.65 Å². The highest BCUT2D eigenvalue weighted by Crippen LogP contribution is 2.21. The minimum Gasteiger partial charge on any atom is -0.269 e. The predicted octanol–water partition coefficient (Wildman–Crippen LogP) is 2.77. The summed E-state index contributed by atoms with van der Waals surface area (Å²) in [6.45, 7) is 5.70. The van der Waals surface area contributed by atoms with Crippen molar-refractivity contribution in [2.45, 2.75) is 25.6 Å². The molecule has 0 aromatic carbocycles. The van der Waals surface area contributed by atoms with Gasteiger partial charge in [-0.1, -0.05) is 22.0 Å². The van der Waals surface area contributed by atoms with Crippen LogP contribution in [0.3, 0.4) is 0 Å². The molecule has 2 aromatic heterocycles. The van der Waals surface area contributed by atoms with Gasteiger partial charge < -0.3 is 0 Å². The Morgan fingerprint density at radius 2 is 2.06 bits per heavy atom. The van der Waals surface area contributed by atoms with Crippen LogP contribution in [-0.4, -0.2) is 9.38 Å². The van der Waals surface area contributed by atoms with E-state index in [2.05, 4.69) is 20.9 Å². The van der Waals surface area contributed by atoms with Gasteiger partial charge in [0.25, 0.3) is 5.56 Å². The average molecular weight is 281 g/mol. The Hall–Kier alpha value is -1.16. The zero-order chi connectivity index (χ0) is 11.9. The molecule has 0 spiro atoms. The third-order valence-corrected chi connectivity index (χ3v) is 3.12. The first kappa shape index (κ1) is 11.3. The van der Waals surface area contributed by atoms with Gasteiger partial charge in [-0.15, -0.1) is 0 Å². The first-order valence-electron chi connectivity index (χ1n) is 5.15. The summed E-state index contributed by atoms with van der Waals surface area (Å²) in [5, 5.41) is 0. The molecule has 2 rings (SSSR count). The number of aryl methyl sites for hydroxylation is 1. The largest absolute Gasteiger partial charge is 0.269 e. The van der Waals surface area contributed by atoms with Crippen molar-refractivity contribution >= 4 is 21.6 Å². The quantitative estimate of drug-likeness (QED) is 0.753. The first-order valence-corrected chi connectivity index (χ1v) is 6.07. The molecule has 0 saturated carbocycles. The lowest BCUT2D eigenvalue weighted by Gasteiger charge is -2.10. The van der Waals surface area contributed by atoms with Gasteiger partial charge >= 0.3 is 0 Å². The van der Waals surface area contributed by atoms with Crippen molar-refractivity contribution in [2.75, 3.05) is 0 Å². The number of pyridine rings is 1. The van der Waals surface area contributed by atoms with Crippen LogP contribution in [0.5, 0.6) is 0 Å². The van der Waals surface area contributed by atoms with E-state index in [1.165, 1.54) is 0 Å². The number of alkyl halides is 1. The van der Waals surface area contributed by atoms with Gasteiger partial charge in [-0.25, -0.2) is 4.98 Å². The molecule has 2 heterocycles. The van der Waals surface area contributed by atoms with Crippen LogP contribution in [-0.2, 0) is 0 Å². The number of halogens is 1. The topological polar surface area (TPSA) is 34.4 Å². The van der Waals surface area contributed by atoms with E-state index >= 15 is 0 Å². The Balaban J connectivity index is 2.95. The van der Waals surface area contributed by atoms with Crippen LogP contribution < -0.4 is 5.56 Å². The molecular weight excluding hydrogens is 268 g/mol. The van der Waals surface area contributed by atoms with Crippen LogP contribution in [0.2, 0.25) is 0 Å². The van der Waals surface area contributed by atoms with E-state index in [1.807, 2.05) is 39.0 Å². The second kappa shape index (κ2) is 4.01. The Bertz CT molecular complexity index is 602. The van der Waals surface area contributed by atoms with Crippen molar-refractivity contribution in [3.05, 3.63) is 45.5 Å². The molecule has 1 unspecified atom stereocenters. The second-order valence-corrected chi connectivity index (χ2v) is 5.28. The monoisotopic (exact) mass is 280 g/mol. The molecule has 0 bridgehead atoms. The van der Waals surface area contributed by atoms with E-state index in [0.29, 0.717) is 11.2 Å². The summed E-state index contributed by atoms with van der Waals surface area (Å²) in [6.07, 6.45) is 0. The smallest absolute Gasteiger partial charge is 0.261 e. The maximum atomic E-state index is 12.2. The fourth-order valence-electron chi connectivity index (χ4n) is 1.83. The van der Waals surface area contributed by atoms with E-state index in [9.17, 15) is 4.79 Å². The number of hydrogen-bond acceptors (Lipinski definition) is 2. The van der Waals surface area contributed by atoms with Crippen LogP contribution >= 0.6 is 15.9 Å². The molecule has 3 nitrogen and oxygen atoms in total. The molecule has 84 valence electrons. The molecule has 1 atom stereocenters. The van der Waals surface area contributed by atoms with Gasteiger partial charge in [0, 0.05) is 11.3 Å². The summed E-state index contributed by atoms with van der Waals surface area (Å²) in [7, 11) is 0. The molecule has 0 aliphatic carbocycles. The van der Waals surface area contributed by atoms with E-state index in [1.54, 1.807) is 4.40 Å². The second-order valence-electron chi connectivity index (χ2n) is 3.90. The van der Waals surface area contributed by atoms with Crippen LogP contribution in [0.15, 0.2) is 23.0 Å². The minimum atomic E-state index is 0.0180. The zero-order valence-corrected chi connectivity index (χ0v) is 11.1. The normalized spacial score (nSPS) is 13.0. The summed E-state index contributed by atoms with van der Waals surface area (Å²) < 4.78 is 1.65. The average Bonchev–Trinajstić information content (AvgIpc) is 2.22. The van der Waals surface area contributed by atoms with E-state index in [-0.39, 0.29) is 10.4 Å². The number of rotatable bonds is 1. The maximum Gasteiger partial charge on any atom is 0.261 e. The van der Waals surface area contributed by atoms with Crippen molar-refractivity contribution in [2.24, 2.45) is 0 Å². The zero-order valence-electron chi connectivity index (χ0n) is 9.49. The molecule has 2 aromatic rings. The van der Waals surface area contributed by atoms with Gasteiger partial charge in [0.1, 0.15) is 5.65 Å². The summed E-state index contributed by atoms with van der Waals surface area (Å²) in [5.41, 5.74) is 3.15. The van der Waals surface area contributed by atoms with Crippen LogP contribution in [0.4, 0.5) is 0 Å². The molecule has 16 heavy (non-hydrogen) atoms. The standard InChI is InChI=1S/C12H13BrN2O/c1-7-5-4-6-10-14-11(9(3)13)8(2)12(16)15(7)10/h4-6,9H,1-3H3. The van der Waals surface area contributed by atoms with Gasteiger partial charge in [-0.05, 0) is 32.9 Å². The Morgan fingerprint density at radius 1 is 1.38 bits per heavy atom. The van der Waals surface area contributed by atoms with Crippen molar-refractivity contribution in [3.8, 4) is 0 Å². The molecule has 0 aliphatic heterocycles. The number of nitrogens with zero attached hydrogens (tertiary/aromatic N) is 2. The number of hydrogen-bond donors (Lipinski definition) is 0. The molecule has 0 radical (unpaired) electrons.